The topological polar surface area (TPSA) is 58.2 Å². The molecule has 72 valence electrons. The third kappa shape index (κ3) is 2.55. The van der Waals surface area contributed by atoms with E-state index in [4.69, 9.17) is 4.74 Å². The van der Waals surface area contributed by atoms with Crippen molar-refractivity contribution in [1.29, 1.82) is 0 Å². The van der Waals surface area contributed by atoms with Crippen molar-refractivity contribution in [3.05, 3.63) is 22.7 Å². The van der Waals surface area contributed by atoms with Crippen LogP contribution in [0, 0.1) is 0 Å². The summed E-state index contributed by atoms with van der Waals surface area (Å²) in [5.41, 5.74) is -0.180. The molecule has 0 aliphatic rings. The molecule has 1 aromatic heterocycles. The highest BCUT2D eigenvalue weighted by atomic mass is 16.5. The van der Waals surface area contributed by atoms with Gasteiger partial charge in [-0.2, -0.15) is 0 Å². The number of nitrogens with one attached hydrogen (secondary N) is 1. The van der Waals surface area contributed by atoms with E-state index in [9.17, 15) is 4.79 Å². The summed E-state index contributed by atoms with van der Waals surface area (Å²) in [7, 11) is 3.42. The molecular weight excluding hydrogens is 170 g/mol. The van der Waals surface area contributed by atoms with Crippen molar-refractivity contribution in [3.8, 4) is 0 Å². The molecule has 5 heteroatoms. The fourth-order valence-electron chi connectivity index (χ4n) is 0.950. The highest BCUT2D eigenvalue weighted by molar-refractivity contribution is 5.33. The molecule has 0 bridgehead atoms. The van der Waals surface area contributed by atoms with Crippen molar-refractivity contribution in [2.75, 3.05) is 32.2 Å². The van der Waals surface area contributed by atoms with E-state index < -0.39 is 0 Å². The Kier molecular flexibility index (Phi) is 3.45. The molecule has 0 saturated carbocycles. The average molecular weight is 183 g/mol. The first-order valence-electron chi connectivity index (χ1n) is 3.99. The Bertz CT molecular complexity index is 310. The summed E-state index contributed by atoms with van der Waals surface area (Å²) in [6.07, 6.45) is 3.07. The number of hydrogen-bond donors (Lipinski definition) is 1. The zero-order valence-electron chi connectivity index (χ0n) is 7.78. The lowest BCUT2D eigenvalue weighted by Crippen LogP contribution is -2.29. The van der Waals surface area contributed by atoms with E-state index in [1.54, 1.807) is 25.3 Å². The highest BCUT2D eigenvalue weighted by Gasteiger charge is 2.04. The molecule has 5 nitrogen and oxygen atoms in total. The minimum Gasteiger partial charge on any atom is -0.383 e. The number of rotatable bonds is 4. The number of hydrogen-bond acceptors (Lipinski definition) is 4. The van der Waals surface area contributed by atoms with Gasteiger partial charge < -0.3 is 14.6 Å². The fraction of sp³-hybridized carbons (Fsp3) is 0.500. The SMILES string of the molecule is COCCN(C)c1ncc[nH]c1=O. The molecule has 0 saturated heterocycles. The maximum absolute atomic E-state index is 11.2. The molecule has 0 aliphatic carbocycles. The molecule has 0 unspecified atom stereocenters. The summed E-state index contributed by atoms with van der Waals surface area (Å²) in [4.78, 5) is 19.5. The van der Waals surface area contributed by atoms with Crippen molar-refractivity contribution < 1.29 is 4.74 Å². The molecule has 13 heavy (non-hydrogen) atoms. The van der Waals surface area contributed by atoms with E-state index in [1.807, 2.05) is 0 Å². The van der Waals surface area contributed by atoms with Gasteiger partial charge in [-0.25, -0.2) is 4.98 Å². The number of H-pyrrole nitrogens is 1. The lowest BCUT2D eigenvalue weighted by molar-refractivity contribution is 0.206. The van der Waals surface area contributed by atoms with Gasteiger partial charge in [-0.15, -0.1) is 0 Å². The van der Waals surface area contributed by atoms with E-state index in [0.29, 0.717) is 19.0 Å². The van der Waals surface area contributed by atoms with Crippen molar-refractivity contribution in [1.82, 2.24) is 9.97 Å². The summed E-state index contributed by atoms with van der Waals surface area (Å²) in [6, 6.07) is 0. The monoisotopic (exact) mass is 183 g/mol. The molecule has 0 amide bonds. The van der Waals surface area contributed by atoms with E-state index >= 15 is 0 Å². The van der Waals surface area contributed by atoms with Gasteiger partial charge in [-0.05, 0) is 0 Å². The molecule has 0 atom stereocenters. The van der Waals surface area contributed by atoms with Gasteiger partial charge in [-0.1, -0.05) is 0 Å². The smallest absolute Gasteiger partial charge is 0.290 e. The van der Waals surface area contributed by atoms with Crippen LogP contribution in [0.25, 0.3) is 0 Å². The number of nitrogens with zero attached hydrogens (tertiary/aromatic N) is 2. The van der Waals surface area contributed by atoms with Crippen LogP contribution in [0.4, 0.5) is 5.82 Å². The average Bonchev–Trinajstić information content (AvgIpc) is 2.15. The second kappa shape index (κ2) is 4.61. The summed E-state index contributed by atoms with van der Waals surface area (Å²) in [6.45, 7) is 1.23. The minimum absolute atomic E-state index is 0.180. The zero-order chi connectivity index (χ0) is 9.68. The molecule has 0 radical (unpaired) electrons. The van der Waals surface area contributed by atoms with Crippen molar-refractivity contribution in [2.45, 2.75) is 0 Å². The zero-order valence-corrected chi connectivity index (χ0v) is 7.78. The van der Waals surface area contributed by atoms with E-state index in [2.05, 4.69) is 9.97 Å². The minimum atomic E-state index is -0.180. The third-order valence-electron chi connectivity index (χ3n) is 1.68. The van der Waals surface area contributed by atoms with Gasteiger partial charge in [0.15, 0.2) is 5.82 Å². The number of aromatic amines is 1. The predicted octanol–water partition coefficient (Wildman–Crippen LogP) is -0.147. The molecule has 0 aliphatic heterocycles. The number of anilines is 1. The first kappa shape index (κ1) is 9.73. The van der Waals surface area contributed by atoms with Crippen LogP contribution in [0.1, 0.15) is 0 Å². The van der Waals surface area contributed by atoms with E-state index in [0.717, 1.165) is 0 Å². The number of ether oxygens (including phenoxy) is 1. The lowest BCUT2D eigenvalue weighted by Gasteiger charge is -2.15. The summed E-state index contributed by atoms with van der Waals surface area (Å²) in [5.74, 6) is 0.416. The summed E-state index contributed by atoms with van der Waals surface area (Å²) < 4.78 is 4.89. The van der Waals surface area contributed by atoms with Crippen molar-refractivity contribution in [3.63, 3.8) is 0 Å². The van der Waals surface area contributed by atoms with Crippen molar-refractivity contribution in [2.24, 2.45) is 0 Å². The van der Waals surface area contributed by atoms with Crippen LogP contribution >= 0.6 is 0 Å². The van der Waals surface area contributed by atoms with Gasteiger partial charge in [0.05, 0.1) is 6.61 Å². The van der Waals surface area contributed by atoms with Crippen LogP contribution < -0.4 is 10.5 Å². The van der Waals surface area contributed by atoms with Crippen LogP contribution in [-0.4, -0.2) is 37.3 Å². The van der Waals surface area contributed by atoms with Gasteiger partial charge in [0, 0.05) is 33.1 Å². The Morgan fingerprint density at radius 1 is 1.69 bits per heavy atom. The maximum Gasteiger partial charge on any atom is 0.290 e. The maximum atomic E-state index is 11.2. The molecule has 1 heterocycles. The third-order valence-corrected chi connectivity index (χ3v) is 1.68. The molecular formula is C8H13N3O2. The normalized spacial score (nSPS) is 10.0. The number of likely N-dealkylation sites (N-methyl/N-ethyl adjacent to an activating group) is 1. The second-order valence-electron chi connectivity index (χ2n) is 2.66. The molecule has 0 spiro atoms. The van der Waals surface area contributed by atoms with Gasteiger partial charge in [0.1, 0.15) is 0 Å². The van der Waals surface area contributed by atoms with Gasteiger partial charge >= 0.3 is 0 Å². The van der Waals surface area contributed by atoms with E-state index in [-0.39, 0.29) is 5.56 Å². The molecule has 1 N–H and O–H groups in total. The second-order valence-corrected chi connectivity index (χ2v) is 2.66. The number of aromatic nitrogens is 2. The summed E-state index contributed by atoms with van der Waals surface area (Å²) >= 11 is 0. The van der Waals surface area contributed by atoms with Crippen LogP contribution in [0.15, 0.2) is 17.2 Å². The Morgan fingerprint density at radius 2 is 2.46 bits per heavy atom. The Hall–Kier alpha value is -1.36. The lowest BCUT2D eigenvalue weighted by atomic mass is 10.5. The van der Waals surface area contributed by atoms with Gasteiger partial charge in [0.25, 0.3) is 5.56 Å². The van der Waals surface area contributed by atoms with Crippen LogP contribution in [0.2, 0.25) is 0 Å². The first-order chi connectivity index (χ1) is 6.25. The number of methoxy groups -OCH3 is 1. The van der Waals surface area contributed by atoms with Crippen LogP contribution in [0.3, 0.4) is 0 Å². The Labute approximate surface area is 76.4 Å². The standard InChI is InChI=1S/C8H13N3O2/c1-11(5-6-13-2)7-8(12)10-4-3-9-7/h3-4H,5-6H2,1-2H3,(H,10,12). The fourth-order valence-corrected chi connectivity index (χ4v) is 0.950. The van der Waals surface area contributed by atoms with Crippen LogP contribution in [0.5, 0.6) is 0 Å². The predicted molar refractivity (Wildman–Crippen MR) is 50.0 cm³/mol. The van der Waals surface area contributed by atoms with Crippen LogP contribution in [-0.2, 0) is 4.74 Å². The molecule has 1 aromatic rings. The van der Waals surface area contributed by atoms with Gasteiger partial charge in [0.2, 0.25) is 0 Å². The first-order valence-corrected chi connectivity index (χ1v) is 3.99. The van der Waals surface area contributed by atoms with E-state index in [1.165, 1.54) is 6.20 Å². The Morgan fingerprint density at radius 3 is 3.08 bits per heavy atom. The quantitative estimate of drug-likeness (QED) is 0.705. The molecule has 1 rings (SSSR count). The molecule has 0 fully saturated rings. The van der Waals surface area contributed by atoms with Crippen molar-refractivity contribution >= 4 is 5.82 Å². The highest BCUT2D eigenvalue weighted by Crippen LogP contribution is 1.97. The van der Waals surface area contributed by atoms with Gasteiger partial charge in [-0.3, -0.25) is 4.79 Å². The molecule has 0 aromatic carbocycles. The summed E-state index contributed by atoms with van der Waals surface area (Å²) in [5, 5.41) is 0. The largest absolute Gasteiger partial charge is 0.383 e. The Balaban J connectivity index is 2.71.